The molecule has 1 N–H and O–H groups in total. The summed E-state index contributed by atoms with van der Waals surface area (Å²) in [6.45, 7) is 6.30. The standard InChI is InChI=1S/C18H34N2/c1-2-6-17-13-19-18(16-7-4-3-5-8-16)14-20(17)12-11-15-9-10-15/h15-19H,2-14H2,1H3. The molecular weight excluding hydrogens is 244 g/mol. The zero-order valence-corrected chi connectivity index (χ0v) is 13.4. The van der Waals surface area contributed by atoms with Gasteiger partial charge in [-0.1, -0.05) is 45.4 Å². The summed E-state index contributed by atoms with van der Waals surface area (Å²) in [4.78, 5) is 2.86. The van der Waals surface area contributed by atoms with Crippen LogP contribution < -0.4 is 5.32 Å². The second-order valence-corrected chi connectivity index (χ2v) is 7.58. The Labute approximate surface area is 125 Å². The molecule has 1 heterocycles. The van der Waals surface area contributed by atoms with Gasteiger partial charge in [0.15, 0.2) is 0 Å². The average molecular weight is 278 g/mol. The molecule has 0 aromatic carbocycles. The van der Waals surface area contributed by atoms with Gasteiger partial charge in [-0.15, -0.1) is 0 Å². The van der Waals surface area contributed by atoms with Crippen molar-refractivity contribution < 1.29 is 0 Å². The minimum absolute atomic E-state index is 0.794. The number of nitrogens with zero attached hydrogens (tertiary/aromatic N) is 1. The van der Waals surface area contributed by atoms with Gasteiger partial charge in [0.1, 0.15) is 0 Å². The molecule has 2 aliphatic carbocycles. The van der Waals surface area contributed by atoms with Crippen molar-refractivity contribution in [3.63, 3.8) is 0 Å². The van der Waals surface area contributed by atoms with E-state index in [1.807, 2.05) is 0 Å². The second kappa shape index (κ2) is 7.26. The lowest BCUT2D eigenvalue weighted by atomic mass is 9.82. The first-order chi connectivity index (χ1) is 9.86. The maximum Gasteiger partial charge on any atom is 0.0224 e. The zero-order chi connectivity index (χ0) is 13.8. The van der Waals surface area contributed by atoms with Crippen LogP contribution in [0.2, 0.25) is 0 Å². The first-order valence-electron chi connectivity index (χ1n) is 9.34. The summed E-state index contributed by atoms with van der Waals surface area (Å²) in [5.41, 5.74) is 0. The Morgan fingerprint density at radius 3 is 2.50 bits per heavy atom. The first kappa shape index (κ1) is 14.8. The van der Waals surface area contributed by atoms with Crippen molar-refractivity contribution in [2.24, 2.45) is 11.8 Å². The molecule has 2 nitrogen and oxygen atoms in total. The van der Waals surface area contributed by atoms with Gasteiger partial charge in [-0.3, -0.25) is 4.90 Å². The minimum atomic E-state index is 0.794. The van der Waals surface area contributed by atoms with Gasteiger partial charge in [0.05, 0.1) is 0 Å². The molecule has 0 spiro atoms. The summed E-state index contributed by atoms with van der Waals surface area (Å²) in [5.74, 6) is 2.05. The van der Waals surface area contributed by atoms with Crippen LogP contribution in [0.4, 0.5) is 0 Å². The van der Waals surface area contributed by atoms with Crippen LogP contribution >= 0.6 is 0 Å². The third-order valence-electron chi connectivity index (χ3n) is 5.93. The average Bonchev–Trinajstić information content (AvgIpc) is 3.32. The molecule has 2 saturated carbocycles. The number of hydrogen-bond acceptors (Lipinski definition) is 2. The minimum Gasteiger partial charge on any atom is -0.311 e. The first-order valence-corrected chi connectivity index (χ1v) is 9.34. The molecule has 0 amide bonds. The quantitative estimate of drug-likeness (QED) is 0.795. The highest BCUT2D eigenvalue weighted by Crippen LogP contribution is 2.34. The molecule has 2 heteroatoms. The summed E-state index contributed by atoms with van der Waals surface area (Å²) < 4.78 is 0. The van der Waals surface area contributed by atoms with Crippen molar-refractivity contribution in [2.75, 3.05) is 19.6 Å². The molecule has 116 valence electrons. The molecule has 20 heavy (non-hydrogen) atoms. The van der Waals surface area contributed by atoms with E-state index in [4.69, 9.17) is 0 Å². The van der Waals surface area contributed by atoms with Crippen LogP contribution in [0.3, 0.4) is 0 Å². The van der Waals surface area contributed by atoms with Gasteiger partial charge < -0.3 is 5.32 Å². The van der Waals surface area contributed by atoms with Gasteiger partial charge in [0.25, 0.3) is 0 Å². The molecule has 3 aliphatic rings. The molecule has 2 atom stereocenters. The molecule has 1 saturated heterocycles. The van der Waals surface area contributed by atoms with Gasteiger partial charge in [-0.25, -0.2) is 0 Å². The van der Waals surface area contributed by atoms with E-state index in [0.717, 1.165) is 23.9 Å². The lowest BCUT2D eigenvalue weighted by Crippen LogP contribution is -2.59. The molecular formula is C18H34N2. The van der Waals surface area contributed by atoms with E-state index < -0.39 is 0 Å². The van der Waals surface area contributed by atoms with Crippen LogP contribution in [0.5, 0.6) is 0 Å². The van der Waals surface area contributed by atoms with E-state index in [2.05, 4.69) is 17.1 Å². The summed E-state index contributed by atoms with van der Waals surface area (Å²) >= 11 is 0. The van der Waals surface area contributed by atoms with Gasteiger partial charge in [0, 0.05) is 25.2 Å². The van der Waals surface area contributed by atoms with Crippen molar-refractivity contribution in [1.82, 2.24) is 10.2 Å². The summed E-state index contributed by atoms with van der Waals surface area (Å²) in [6, 6.07) is 1.61. The van der Waals surface area contributed by atoms with Crippen LogP contribution in [0.1, 0.15) is 71.1 Å². The number of hydrogen-bond donors (Lipinski definition) is 1. The molecule has 3 rings (SSSR count). The fourth-order valence-corrected chi connectivity index (χ4v) is 4.38. The Bertz CT molecular complexity index is 281. The highest BCUT2D eigenvalue weighted by molar-refractivity contribution is 4.91. The van der Waals surface area contributed by atoms with Crippen molar-refractivity contribution in [3.05, 3.63) is 0 Å². The van der Waals surface area contributed by atoms with Gasteiger partial charge in [0.2, 0.25) is 0 Å². The molecule has 0 radical (unpaired) electrons. The number of nitrogens with one attached hydrogen (secondary N) is 1. The van der Waals surface area contributed by atoms with Crippen molar-refractivity contribution in [1.29, 1.82) is 0 Å². The maximum atomic E-state index is 3.92. The molecule has 0 bridgehead atoms. The Balaban J connectivity index is 1.52. The predicted molar refractivity (Wildman–Crippen MR) is 86.0 cm³/mol. The fraction of sp³-hybridized carbons (Fsp3) is 1.00. The van der Waals surface area contributed by atoms with E-state index in [1.54, 1.807) is 0 Å². The smallest absolute Gasteiger partial charge is 0.0224 e. The number of piperazine rings is 1. The zero-order valence-electron chi connectivity index (χ0n) is 13.4. The Kier molecular flexibility index (Phi) is 5.39. The normalized spacial score (nSPS) is 33.5. The van der Waals surface area contributed by atoms with E-state index in [-0.39, 0.29) is 0 Å². The van der Waals surface area contributed by atoms with Crippen LogP contribution in [0.25, 0.3) is 0 Å². The predicted octanol–water partition coefficient (Wildman–Crippen LogP) is 3.81. The van der Waals surface area contributed by atoms with Crippen LogP contribution in [-0.4, -0.2) is 36.6 Å². The lowest BCUT2D eigenvalue weighted by Gasteiger charge is -2.44. The van der Waals surface area contributed by atoms with Crippen LogP contribution in [-0.2, 0) is 0 Å². The maximum absolute atomic E-state index is 3.92. The van der Waals surface area contributed by atoms with E-state index in [0.29, 0.717) is 0 Å². The Hall–Kier alpha value is -0.0800. The summed E-state index contributed by atoms with van der Waals surface area (Å²) in [7, 11) is 0. The van der Waals surface area contributed by atoms with E-state index in [9.17, 15) is 0 Å². The highest BCUT2D eigenvalue weighted by atomic mass is 15.2. The van der Waals surface area contributed by atoms with Crippen molar-refractivity contribution in [2.45, 2.75) is 83.2 Å². The molecule has 3 fully saturated rings. The third-order valence-corrected chi connectivity index (χ3v) is 5.93. The molecule has 0 aromatic heterocycles. The molecule has 0 aromatic rings. The second-order valence-electron chi connectivity index (χ2n) is 7.58. The topological polar surface area (TPSA) is 15.3 Å². The molecule has 1 aliphatic heterocycles. The largest absolute Gasteiger partial charge is 0.311 e. The molecule has 2 unspecified atom stereocenters. The fourth-order valence-electron chi connectivity index (χ4n) is 4.38. The van der Waals surface area contributed by atoms with Gasteiger partial charge in [-0.2, -0.15) is 0 Å². The lowest BCUT2D eigenvalue weighted by molar-refractivity contribution is 0.0883. The van der Waals surface area contributed by atoms with E-state index in [1.165, 1.54) is 83.8 Å². The number of rotatable bonds is 6. The third kappa shape index (κ3) is 3.98. The van der Waals surface area contributed by atoms with Crippen LogP contribution in [0, 0.1) is 11.8 Å². The summed E-state index contributed by atoms with van der Waals surface area (Å²) in [5, 5.41) is 3.92. The summed E-state index contributed by atoms with van der Waals surface area (Å²) in [6.07, 6.45) is 14.6. The van der Waals surface area contributed by atoms with Crippen LogP contribution in [0.15, 0.2) is 0 Å². The SMILES string of the molecule is CCCC1CNC(C2CCCCC2)CN1CCC1CC1. The van der Waals surface area contributed by atoms with Crippen molar-refractivity contribution >= 4 is 0 Å². The Morgan fingerprint density at radius 1 is 1.00 bits per heavy atom. The van der Waals surface area contributed by atoms with E-state index >= 15 is 0 Å². The Morgan fingerprint density at radius 2 is 1.80 bits per heavy atom. The monoisotopic (exact) mass is 278 g/mol. The van der Waals surface area contributed by atoms with Crippen molar-refractivity contribution in [3.8, 4) is 0 Å². The highest BCUT2D eigenvalue weighted by Gasteiger charge is 2.33. The van der Waals surface area contributed by atoms with Gasteiger partial charge in [-0.05, 0) is 44.1 Å². The van der Waals surface area contributed by atoms with Gasteiger partial charge >= 0.3 is 0 Å².